The van der Waals surface area contributed by atoms with E-state index in [1.54, 1.807) is 6.07 Å². The average molecular weight is 425 g/mol. The second-order valence-electron chi connectivity index (χ2n) is 7.44. The maximum Gasteiger partial charge on any atom is 0.224 e. The van der Waals surface area contributed by atoms with Gasteiger partial charge >= 0.3 is 0 Å². The van der Waals surface area contributed by atoms with Crippen molar-refractivity contribution >= 4 is 18.3 Å². The molecule has 0 radical (unpaired) electrons. The number of nitrogens with one attached hydrogen (secondary N) is 2. The third-order valence-electron chi connectivity index (χ3n) is 4.84. The van der Waals surface area contributed by atoms with Gasteiger partial charge in [0.05, 0.1) is 12.5 Å². The molecule has 2 unspecified atom stereocenters. The van der Waals surface area contributed by atoms with E-state index in [0.29, 0.717) is 12.1 Å². The minimum absolute atomic E-state index is 0. The number of carbonyl (C=O) groups excluding carboxylic acids is 1. The van der Waals surface area contributed by atoms with Gasteiger partial charge in [0.15, 0.2) is 11.6 Å². The Morgan fingerprint density at radius 3 is 2.72 bits per heavy atom. The van der Waals surface area contributed by atoms with Gasteiger partial charge in [0.25, 0.3) is 0 Å². The third kappa shape index (κ3) is 6.41. The molecule has 1 saturated heterocycles. The number of benzene rings is 2. The Labute approximate surface area is 176 Å². The number of halogens is 3. The highest BCUT2D eigenvalue weighted by molar-refractivity contribution is 5.85. The van der Waals surface area contributed by atoms with E-state index in [1.165, 1.54) is 6.07 Å². The van der Waals surface area contributed by atoms with Crippen LogP contribution in [0.25, 0.3) is 0 Å². The monoisotopic (exact) mass is 424 g/mol. The highest BCUT2D eigenvalue weighted by Gasteiger charge is 2.28. The first-order valence-electron chi connectivity index (χ1n) is 9.63. The molecule has 0 aromatic heterocycles. The largest absolute Gasteiger partial charge is 0.491 e. The molecule has 1 aliphatic rings. The summed E-state index contributed by atoms with van der Waals surface area (Å²) in [6.45, 7) is 5.26. The molecule has 7 heteroatoms. The Bertz CT molecular complexity index is 832. The van der Waals surface area contributed by atoms with Crippen LogP contribution in [0.3, 0.4) is 0 Å². The quantitative estimate of drug-likeness (QED) is 0.737. The summed E-state index contributed by atoms with van der Waals surface area (Å²) in [5, 5.41) is 6.31. The average Bonchev–Trinajstić information content (AvgIpc) is 2.64. The minimum atomic E-state index is -0.859. The van der Waals surface area contributed by atoms with Crippen LogP contribution in [0.4, 0.5) is 8.78 Å². The summed E-state index contributed by atoms with van der Waals surface area (Å²) in [6, 6.07) is 11.3. The second kappa shape index (κ2) is 10.6. The lowest BCUT2D eigenvalue weighted by Crippen LogP contribution is -2.50. The van der Waals surface area contributed by atoms with Gasteiger partial charge in [-0.3, -0.25) is 4.79 Å². The van der Waals surface area contributed by atoms with E-state index < -0.39 is 11.6 Å². The van der Waals surface area contributed by atoms with Gasteiger partial charge in [0.1, 0.15) is 5.75 Å². The molecule has 1 aliphatic heterocycles. The molecule has 2 aromatic rings. The first-order valence-corrected chi connectivity index (χ1v) is 9.63. The molecule has 0 spiro atoms. The first-order chi connectivity index (χ1) is 13.4. The lowest BCUT2D eigenvalue weighted by atomic mass is 9.86. The van der Waals surface area contributed by atoms with Gasteiger partial charge in [-0.15, -0.1) is 12.4 Å². The zero-order valence-electron chi connectivity index (χ0n) is 16.6. The maximum absolute atomic E-state index is 13.6. The molecule has 3 rings (SSSR count). The SMILES string of the molecule is CC(C)Oc1cccc(CC(=O)NC2CNCCC2c2ccc(F)c(F)c2)c1.Cl. The van der Waals surface area contributed by atoms with Gasteiger partial charge in [-0.05, 0) is 62.2 Å². The Kier molecular flexibility index (Phi) is 8.41. The van der Waals surface area contributed by atoms with Crippen LogP contribution in [-0.4, -0.2) is 31.1 Å². The molecule has 1 amide bonds. The van der Waals surface area contributed by atoms with E-state index in [1.807, 2.05) is 38.1 Å². The highest BCUT2D eigenvalue weighted by Crippen LogP contribution is 2.27. The van der Waals surface area contributed by atoms with E-state index >= 15 is 0 Å². The fraction of sp³-hybridized carbons (Fsp3) is 0.409. The van der Waals surface area contributed by atoms with E-state index in [4.69, 9.17) is 4.74 Å². The topological polar surface area (TPSA) is 50.4 Å². The van der Waals surface area contributed by atoms with Crippen molar-refractivity contribution in [3.8, 4) is 5.75 Å². The van der Waals surface area contributed by atoms with Crippen molar-refractivity contribution in [2.45, 2.75) is 44.8 Å². The molecule has 158 valence electrons. The zero-order chi connectivity index (χ0) is 20.1. The van der Waals surface area contributed by atoms with Crippen LogP contribution in [0.1, 0.15) is 37.3 Å². The fourth-order valence-corrected chi connectivity index (χ4v) is 3.60. The maximum atomic E-state index is 13.6. The highest BCUT2D eigenvalue weighted by atomic mass is 35.5. The van der Waals surface area contributed by atoms with Crippen molar-refractivity contribution in [1.29, 1.82) is 0 Å². The van der Waals surface area contributed by atoms with Crippen molar-refractivity contribution in [3.63, 3.8) is 0 Å². The lowest BCUT2D eigenvalue weighted by molar-refractivity contribution is -0.121. The second-order valence-corrected chi connectivity index (χ2v) is 7.44. The molecule has 4 nitrogen and oxygen atoms in total. The molecular formula is C22H27ClF2N2O2. The van der Waals surface area contributed by atoms with Crippen molar-refractivity contribution in [2.24, 2.45) is 0 Å². The molecule has 1 fully saturated rings. The predicted molar refractivity (Wildman–Crippen MR) is 112 cm³/mol. The van der Waals surface area contributed by atoms with Crippen LogP contribution in [0, 0.1) is 11.6 Å². The van der Waals surface area contributed by atoms with Gasteiger partial charge in [-0.2, -0.15) is 0 Å². The molecule has 0 aliphatic carbocycles. The zero-order valence-corrected chi connectivity index (χ0v) is 17.4. The van der Waals surface area contributed by atoms with Crippen LogP contribution in [0.2, 0.25) is 0 Å². The Morgan fingerprint density at radius 2 is 2.00 bits per heavy atom. The Balaban J connectivity index is 0.00000300. The normalized spacial score (nSPS) is 18.8. The number of carbonyl (C=O) groups is 1. The van der Waals surface area contributed by atoms with Crippen LogP contribution in [-0.2, 0) is 11.2 Å². The van der Waals surface area contributed by atoms with Gasteiger partial charge in [-0.1, -0.05) is 18.2 Å². The smallest absolute Gasteiger partial charge is 0.224 e. The third-order valence-corrected chi connectivity index (χ3v) is 4.84. The van der Waals surface area contributed by atoms with Gasteiger partial charge in [-0.25, -0.2) is 8.78 Å². The van der Waals surface area contributed by atoms with Gasteiger partial charge in [0.2, 0.25) is 5.91 Å². The van der Waals surface area contributed by atoms with Crippen molar-refractivity contribution in [2.75, 3.05) is 13.1 Å². The summed E-state index contributed by atoms with van der Waals surface area (Å²) in [5.41, 5.74) is 1.57. The van der Waals surface area contributed by atoms with Gasteiger partial charge < -0.3 is 15.4 Å². The van der Waals surface area contributed by atoms with Gasteiger partial charge in [0, 0.05) is 18.5 Å². The van der Waals surface area contributed by atoms with Crippen molar-refractivity contribution in [1.82, 2.24) is 10.6 Å². The Morgan fingerprint density at radius 1 is 1.21 bits per heavy atom. The summed E-state index contributed by atoms with van der Waals surface area (Å²) in [4.78, 5) is 12.6. The van der Waals surface area contributed by atoms with E-state index in [-0.39, 0.29) is 42.8 Å². The molecule has 0 bridgehead atoms. The van der Waals surface area contributed by atoms with Crippen molar-refractivity contribution in [3.05, 3.63) is 65.2 Å². The fourth-order valence-electron chi connectivity index (χ4n) is 3.60. The number of hydrogen-bond acceptors (Lipinski definition) is 3. The van der Waals surface area contributed by atoms with Crippen molar-refractivity contribution < 1.29 is 18.3 Å². The summed E-state index contributed by atoms with van der Waals surface area (Å²) in [7, 11) is 0. The van der Waals surface area contributed by atoms with E-state index in [2.05, 4.69) is 10.6 Å². The Hall–Kier alpha value is -2.18. The van der Waals surface area contributed by atoms with Crippen LogP contribution >= 0.6 is 12.4 Å². The number of ether oxygens (including phenoxy) is 1. The first kappa shape index (κ1) is 23.1. The minimum Gasteiger partial charge on any atom is -0.491 e. The molecule has 0 saturated carbocycles. The summed E-state index contributed by atoms with van der Waals surface area (Å²) in [5.74, 6) is -1.15. The van der Waals surface area contributed by atoms with Crippen LogP contribution in [0.5, 0.6) is 5.75 Å². The van der Waals surface area contributed by atoms with Crippen LogP contribution in [0.15, 0.2) is 42.5 Å². The molecule has 2 aromatic carbocycles. The van der Waals surface area contributed by atoms with Crippen LogP contribution < -0.4 is 15.4 Å². The summed E-state index contributed by atoms with van der Waals surface area (Å²) >= 11 is 0. The standard InChI is InChI=1S/C22H26F2N2O2.ClH/c1-14(2)28-17-5-3-4-15(10-17)11-22(27)26-21-13-25-9-8-18(21)16-6-7-19(23)20(24)12-16;/h3-7,10,12,14,18,21,25H,8-9,11,13H2,1-2H3,(H,26,27);1H. The number of amides is 1. The predicted octanol–water partition coefficient (Wildman–Crippen LogP) is 3.98. The summed E-state index contributed by atoms with van der Waals surface area (Å²) < 4.78 is 32.6. The van der Waals surface area contributed by atoms with E-state index in [0.717, 1.165) is 30.3 Å². The molecule has 2 N–H and O–H groups in total. The molecule has 2 atom stereocenters. The summed E-state index contributed by atoms with van der Waals surface area (Å²) in [6.07, 6.45) is 1.04. The van der Waals surface area contributed by atoms with E-state index in [9.17, 15) is 13.6 Å². The number of piperidine rings is 1. The molecular weight excluding hydrogens is 398 g/mol. The lowest BCUT2D eigenvalue weighted by Gasteiger charge is -2.33. The number of rotatable bonds is 6. The number of hydrogen-bond donors (Lipinski definition) is 2. The molecule has 1 heterocycles. The molecule has 29 heavy (non-hydrogen) atoms.